The molecular formula is C16H15N5. The largest absolute Gasteiger partial charge is 0.384 e. The van der Waals surface area contributed by atoms with E-state index < -0.39 is 0 Å². The second-order valence-corrected chi connectivity index (χ2v) is 4.69. The second kappa shape index (κ2) is 5.58. The number of nitrogens with two attached hydrogens (primary N) is 1. The number of nitrogens with one attached hydrogen (secondary N) is 1. The lowest BCUT2D eigenvalue weighted by Crippen LogP contribution is -2.15. The molecule has 3 aromatic rings. The molecule has 2 aromatic heterocycles. The van der Waals surface area contributed by atoms with Gasteiger partial charge in [-0.15, -0.1) is 0 Å². The summed E-state index contributed by atoms with van der Waals surface area (Å²) in [6.07, 6.45) is 7.19. The molecule has 0 saturated carbocycles. The fourth-order valence-corrected chi connectivity index (χ4v) is 2.30. The van der Waals surface area contributed by atoms with E-state index in [1.54, 1.807) is 18.6 Å². The third-order valence-electron chi connectivity index (χ3n) is 3.30. The Morgan fingerprint density at radius 3 is 2.62 bits per heavy atom. The van der Waals surface area contributed by atoms with Gasteiger partial charge in [-0.1, -0.05) is 24.3 Å². The molecule has 104 valence electrons. The molecule has 21 heavy (non-hydrogen) atoms. The second-order valence-electron chi connectivity index (χ2n) is 4.69. The minimum Gasteiger partial charge on any atom is -0.384 e. The third-order valence-corrected chi connectivity index (χ3v) is 3.30. The molecule has 0 saturated heterocycles. The molecule has 0 unspecified atom stereocenters. The molecule has 2 heterocycles. The Balaban J connectivity index is 1.98. The lowest BCUT2D eigenvalue weighted by molar-refractivity contribution is 0.805. The summed E-state index contributed by atoms with van der Waals surface area (Å²) < 4.78 is 2.04. The minimum absolute atomic E-state index is 0.0798. The van der Waals surface area contributed by atoms with Crippen LogP contribution < -0.4 is 5.73 Å². The molecule has 3 N–H and O–H groups in total. The van der Waals surface area contributed by atoms with Gasteiger partial charge in [-0.25, -0.2) is 4.98 Å². The van der Waals surface area contributed by atoms with Crippen LogP contribution in [0.2, 0.25) is 0 Å². The Morgan fingerprint density at radius 2 is 1.86 bits per heavy atom. The highest BCUT2D eigenvalue weighted by Crippen LogP contribution is 2.18. The van der Waals surface area contributed by atoms with Crippen molar-refractivity contribution in [3.05, 3.63) is 72.3 Å². The summed E-state index contributed by atoms with van der Waals surface area (Å²) in [5.41, 5.74) is 8.41. The summed E-state index contributed by atoms with van der Waals surface area (Å²) >= 11 is 0. The standard InChI is InChI=1S/C16H15N5/c17-15(18)14-4-2-1-3-13(14)11-21-10-9-20-16(21)12-5-7-19-8-6-12/h1-10H,11H2,(H3,17,18). The van der Waals surface area contributed by atoms with Crippen LogP contribution in [0.5, 0.6) is 0 Å². The summed E-state index contributed by atoms with van der Waals surface area (Å²) in [6, 6.07) is 11.5. The van der Waals surface area contributed by atoms with Crippen LogP contribution >= 0.6 is 0 Å². The predicted octanol–water partition coefficient (Wildman–Crippen LogP) is 2.28. The van der Waals surface area contributed by atoms with Crippen LogP contribution in [0, 0.1) is 5.41 Å². The Kier molecular flexibility index (Phi) is 3.47. The first kappa shape index (κ1) is 13.1. The number of pyridine rings is 1. The number of hydrogen-bond donors (Lipinski definition) is 2. The topological polar surface area (TPSA) is 80.6 Å². The van der Waals surface area contributed by atoms with Crippen LogP contribution in [-0.4, -0.2) is 20.4 Å². The fourth-order valence-electron chi connectivity index (χ4n) is 2.30. The van der Waals surface area contributed by atoms with Gasteiger partial charge >= 0.3 is 0 Å². The molecule has 1 aromatic carbocycles. The van der Waals surface area contributed by atoms with E-state index >= 15 is 0 Å². The molecule has 5 heteroatoms. The Bertz CT molecular complexity index is 761. The van der Waals surface area contributed by atoms with Gasteiger partial charge in [-0.05, 0) is 17.7 Å². The van der Waals surface area contributed by atoms with E-state index in [4.69, 9.17) is 11.1 Å². The van der Waals surface area contributed by atoms with Gasteiger partial charge < -0.3 is 10.3 Å². The highest BCUT2D eigenvalue weighted by Gasteiger charge is 2.09. The molecule has 0 amide bonds. The third kappa shape index (κ3) is 2.67. The highest BCUT2D eigenvalue weighted by atomic mass is 15.1. The van der Waals surface area contributed by atoms with Crippen LogP contribution in [0.3, 0.4) is 0 Å². The predicted molar refractivity (Wildman–Crippen MR) is 82.0 cm³/mol. The van der Waals surface area contributed by atoms with Crippen LogP contribution in [0.1, 0.15) is 11.1 Å². The molecule has 3 rings (SSSR count). The van der Waals surface area contributed by atoms with Crippen molar-refractivity contribution in [2.45, 2.75) is 6.54 Å². The van der Waals surface area contributed by atoms with E-state index in [9.17, 15) is 0 Å². The van der Waals surface area contributed by atoms with Gasteiger partial charge in [0.2, 0.25) is 0 Å². The first-order valence-corrected chi connectivity index (χ1v) is 6.59. The number of aromatic nitrogens is 3. The first-order chi connectivity index (χ1) is 10.3. The monoisotopic (exact) mass is 277 g/mol. The van der Waals surface area contributed by atoms with Crippen molar-refractivity contribution in [2.24, 2.45) is 5.73 Å². The molecule has 0 aliphatic rings. The van der Waals surface area contributed by atoms with E-state index in [0.29, 0.717) is 6.54 Å². The molecule has 0 spiro atoms. The molecule has 0 bridgehead atoms. The van der Waals surface area contributed by atoms with E-state index in [1.165, 1.54) is 0 Å². The van der Waals surface area contributed by atoms with Crippen molar-refractivity contribution in [1.82, 2.24) is 14.5 Å². The summed E-state index contributed by atoms with van der Waals surface area (Å²) in [5.74, 6) is 0.951. The summed E-state index contributed by atoms with van der Waals surface area (Å²) in [5, 5.41) is 7.67. The van der Waals surface area contributed by atoms with Gasteiger partial charge in [0.05, 0.1) is 0 Å². The number of rotatable bonds is 4. The molecular weight excluding hydrogens is 262 g/mol. The van der Waals surface area contributed by atoms with E-state index in [-0.39, 0.29) is 5.84 Å². The summed E-state index contributed by atoms with van der Waals surface area (Å²) in [4.78, 5) is 8.43. The maximum Gasteiger partial charge on any atom is 0.140 e. The van der Waals surface area contributed by atoms with Crippen molar-refractivity contribution < 1.29 is 0 Å². The summed E-state index contributed by atoms with van der Waals surface area (Å²) in [6.45, 7) is 0.618. The molecule has 0 aliphatic carbocycles. The minimum atomic E-state index is 0.0798. The number of nitrogen functional groups attached to an aromatic ring is 1. The smallest absolute Gasteiger partial charge is 0.140 e. The van der Waals surface area contributed by atoms with Crippen molar-refractivity contribution in [1.29, 1.82) is 5.41 Å². The average molecular weight is 277 g/mol. The number of amidine groups is 1. The Labute approximate surface area is 122 Å². The number of benzene rings is 1. The lowest BCUT2D eigenvalue weighted by atomic mass is 10.1. The summed E-state index contributed by atoms with van der Waals surface area (Å²) in [7, 11) is 0. The normalized spacial score (nSPS) is 10.5. The van der Waals surface area contributed by atoms with Crippen molar-refractivity contribution in [3.8, 4) is 11.4 Å². The zero-order valence-electron chi connectivity index (χ0n) is 11.4. The lowest BCUT2D eigenvalue weighted by Gasteiger charge is -2.11. The van der Waals surface area contributed by atoms with Gasteiger partial charge in [0.1, 0.15) is 11.7 Å². The van der Waals surface area contributed by atoms with Crippen LogP contribution in [0.4, 0.5) is 0 Å². The zero-order valence-corrected chi connectivity index (χ0v) is 11.4. The van der Waals surface area contributed by atoms with Crippen molar-refractivity contribution in [3.63, 3.8) is 0 Å². The number of nitrogens with zero attached hydrogens (tertiary/aromatic N) is 3. The fraction of sp³-hybridized carbons (Fsp3) is 0.0625. The molecule has 0 fully saturated rings. The van der Waals surface area contributed by atoms with Crippen molar-refractivity contribution >= 4 is 5.84 Å². The molecule has 0 radical (unpaired) electrons. The molecule has 5 nitrogen and oxygen atoms in total. The Hall–Kier alpha value is -2.95. The van der Waals surface area contributed by atoms with E-state index in [0.717, 1.165) is 22.5 Å². The SMILES string of the molecule is N=C(N)c1ccccc1Cn1ccnc1-c1ccncc1. The van der Waals surface area contributed by atoms with Crippen LogP contribution in [0.15, 0.2) is 61.2 Å². The van der Waals surface area contributed by atoms with Crippen molar-refractivity contribution in [2.75, 3.05) is 0 Å². The Morgan fingerprint density at radius 1 is 1.10 bits per heavy atom. The van der Waals surface area contributed by atoms with Crippen LogP contribution in [0.25, 0.3) is 11.4 Å². The maximum atomic E-state index is 7.67. The van der Waals surface area contributed by atoms with Gasteiger partial charge in [-0.2, -0.15) is 0 Å². The highest BCUT2D eigenvalue weighted by molar-refractivity contribution is 5.96. The molecule has 0 atom stereocenters. The zero-order chi connectivity index (χ0) is 14.7. The van der Waals surface area contributed by atoms with Gasteiger partial charge in [0.15, 0.2) is 0 Å². The maximum absolute atomic E-state index is 7.67. The number of hydrogen-bond acceptors (Lipinski definition) is 3. The number of imidazole rings is 1. The quantitative estimate of drug-likeness (QED) is 0.567. The first-order valence-electron chi connectivity index (χ1n) is 6.59. The average Bonchev–Trinajstić information content (AvgIpc) is 2.96. The van der Waals surface area contributed by atoms with Gasteiger partial charge in [0, 0.05) is 42.5 Å². The molecule has 0 aliphatic heterocycles. The van der Waals surface area contributed by atoms with Gasteiger partial charge in [-0.3, -0.25) is 10.4 Å². The van der Waals surface area contributed by atoms with E-state index in [2.05, 4.69) is 9.97 Å². The van der Waals surface area contributed by atoms with E-state index in [1.807, 2.05) is 47.2 Å². The van der Waals surface area contributed by atoms with Gasteiger partial charge in [0.25, 0.3) is 0 Å². The van der Waals surface area contributed by atoms with Crippen LogP contribution in [-0.2, 0) is 6.54 Å².